The molecule has 2 rings (SSSR count). The average Bonchev–Trinajstić information content (AvgIpc) is 2.62. The molecule has 2 atom stereocenters. The van der Waals surface area contributed by atoms with E-state index in [1.807, 2.05) is 24.8 Å². The normalized spacial score (nSPS) is 28.2. The van der Waals surface area contributed by atoms with E-state index in [4.69, 9.17) is 0 Å². The monoisotopic (exact) mass is 221 g/mol. The Morgan fingerprint density at radius 2 is 2.19 bits per heavy atom. The number of carbonyl (C=O) groups excluding carboxylic acids is 2. The Hall–Kier alpha value is -1.12. The third-order valence-electron chi connectivity index (χ3n) is 3.57. The fourth-order valence-corrected chi connectivity index (χ4v) is 2.78. The molecule has 3 heteroatoms. The molecule has 0 saturated carbocycles. The number of hydrogen-bond acceptors (Lipinski definition) is 2. The molecule has 1 saturated heterocycles. The van der Waals surface area contributed by atoms with E-state index in [-0.39, 0.29) is 23.8 Å². The van der Waals surface area contributed by atoms with Crippen LogP contribution < -0.4 is 0 Å². The Bertz CT molecular complexity index is 346. The van der Waals surface area contributed by atoms with E-state index in [0.717, 1.165) is 31.3 Å². The fourth-order valence-electron chi connectivity index (χ4n) is 2.78. The van der Waals surface area contributed by atoms with E-state index in [1.165, 1.54) is 0 Å². The van der Waals surface area contributed by atoms with Crippen LogP contribution in [0.1, 0.15) is 46.0 Å². The van der Waals surface area contributed by atoms with Crippen LogP contribution in [-0.4, -0.2) is 28.7 Å². The topological polar surface area (TPSA) is 37.4 Å². The summed E-state index contributed by atoms with van der Waals surface area (Å²) in [7, 11) is 0. The highest BCUT2D eigenvalue weighted by molar-refractivity contribution is 6.03. The maximum absolute atomic E-state index is 12.1. The molecule has 0 radical (unpaired) electrons. The summed E-state index contributed by atoms with van der Waals surface area (Å²) in [5.41, 5.74) is 0.924. The Morgan fingerprint density at radius 1 is 1.44 bits per heavy atom. The molecule has 2 aliphatic rings. The first kappa shape index (κ1) is 11.4. The Kier molecular flexibility index (Phi) is 3.13. The van der Waals surface area contributed by atoms with Gasteiger partial charge in [0, 0.05) is 6.42 Å². The summed E-state index contributed by atoms with van der Waals surface area (Å²) in [6, 6.07) is 0.0423. The Morgan fingerprint density at radius 3 is 2.81 bits per heavy atom. The van der Waals surface area contributed by atoms with Gasteiger partial charge in [0.1, 0.15) is 0 Å². The molecule has 2 aliphatic heterocycles. The van der Waals surface area contributed by atoms with Crippen LogP contribution in [-0.2, 0) is 9.59 Å². The van der Waals surface area contributed by atoms with Gasteiger partial charge in [-0.15, -0.1) is 0 Å². The molecule has 0 spiro atoms. The molecule has 2 bridgehead atoms. The molecule has 0 unspecified atom stereocenters. The molecule has 3 nitrogen and oxygen atoms in total. The maximum atomic E-state index is 12.1. The lowest BCUT2D eigenvalue weighted by Crippen LogP contribution is -2.47. The van der Waals surface area contributed by atoms with Crippen molar-refractivity contribution in [2.75, 3.05) is 0 Å². The number of amides is 1. The van der Waals surface area contributed by atoms with E-state index < -0.39 is 0 Å². The van der Waals surface area contributed by atoms with Gasteiger partial charge in [0.05, 0.1) is 12.1 Å². The number of nitrogens with zero attached hydrogens (tertiary/aromatic N) is 1. The zero-order valence-electron chi connectivity index (χ0n) is 10.0. The van der Waals surface area contributed by atoms with E-state index in [1.54, 1.807) is 0 Å². The summed E-state index contributed by atoms with van der Waals surface area (Å²) in [5.74, 6) is 0.329. The minimum Gasteiger partial charge on any atom is -0.326 e. The molecule has 2 heterocycles. The van der Waals surface area contributed by atoms with Gasteiger partial charge in [0.2, 0.25) is 5.91 Å². The lowest BCUT2D eigenvalue weighted by molar-refractivity contribution is -0.138. The van der Waals surface area contributed by atoms with Crippen LogP contribution in [0.2, 0.25) is 0 Å². The highest BCUT2D eigenvalue weighted by Gasteiger charge is 2.43. The van der Waals surface area contributed by atoms with Crippen LogP contribution in [0.5, 0.6) is 0 Å². The van der Waals surface area contributed by atoms with E-state index in [2.05, 4.69) is 0 Å². The van der Waals surface area contributed by atoms with Gasteiger partial charge in [-0.3, -0.25) is 9.59 Å². The zero-order valence-corrected chi connectivity index (χ0v) is 10.0. The minimum absolute atomic E-state index is 0.148. The molecular formula is C13H19NO2. The fraction of sp³-hybridized carbons (Fsp3) is 0.692. The van der Waals surface area contributed by atoms with Gasteiger partial charge >= 0.3 is 0 Å². The van der Waals surface area contributed by atoms with Crippen molar-refractivity contribution in [2.24, 2.45) is 0 Å². The standard InChI is InChI=1S/C13H19NO2/c1-3-5-12(15)14-10-6-7-11(14)13(16)9(4-2)8-10/h8,10-11H,3-7H2,1-2H3/t10-,11+/m0/s1. The van der Waals surface area contributed by atoms with Gasteiger partial charge in [-0.1, -0.05) is 19.9 Å². The van der Waals surface area contributed by atoms with Gasteiger partial charge < -0.3 is 4.90 Å². The van der Waals surface area contributed by atoms with Crippen LogP contribution >= 0.6 is 0 Å². The number of Topliss-reactive ketones (excluding diaryl/α,β-unsaturated/α-hetero) is 1. The van der Waals surface area contributed by atoms with Crippen molar-refractivity contribution >= 4 is 11.7 Å². The molecule has 0 aromatic carbocycles. The van der Waals surface area contributed by atoms with E-state index in [9.17, 15) is 9.59 Å². The van der Waals surface area contributed by atoms with Crippen LogP contribution in [0.3, 0.4) is 0 Å². The predicted octanol–water partition coefficient (Wildman–Crippen LogP) is 2.07. The first-order valence-electron chi connectivity index (χ1n) is 6.25. The summed E-state index contributed by atoms with van der Waals surface area (Å²) < 4.78 is 0. The first-order chi connectivity index (χ1) is 7.69. The zero-order chi connectivity index (χ0) is 11.7. The lowest BCUT2D eigenvalue weighted by atomic mass is 9.97. The van der Waals surface area contributed by atoms with Crippen molar-refractivity contribution in [1.29, 1.82) is 0 Å². The van der Waals surface area contributed by atoms with Crippen LogP contribution in [0.25, 0.3) is 0 Å². The van der Waals surface area contributed by atoms with Crippen LogP contribution in [0.15, 0.2) is 11.6 Å². The number of rotatable bonds is 3. The number of hydrogen-bond donors (Lipinski definition) is 0. The SMILES string of the molecule is CCCC(=O)N1[C@@H]2C=C(CC)C(=O)[C@H]1CC2. The van der Waals surface area contributed by atoms with Gasteiger partial charge in [-0.25, -0.2) is 0 Å². The summed E-state index contributed by atoms with van der Waals surface area (Å²) in [6.45, 7) is 4.01. The molecule has 0 aliphatic carbocycles. The minimum atomic E-state index is -0.149. The van der Waals surface area contributed by atoms with Gasteiger partial charge in [-0.2, -0.15) is 0 Å². The quantitative estimate of drug-likeness (QED) is 0.731. The second-order valence-corrected chi connectivity index (χ2v) is 4.62. The molecule has 0 N–H and O–H groups in total. The molecular weight excluding hydrogens is 202 g/mol. The number of carbonyl (C=O) groups is 2. The Balaban J connectivity index is 2.22. The van der Waals surface area contributed by atoms with E-state index >= 15 is 0 Å². The smallest absolute Gasteiger partial charge is 0.223 e. The van der Waals surface area contributed by atoms with Crippen molar-refractivity contribution in [1.82, 2.24) is 4.90 Å². The van der Waals surface area contributed by atoms with Crippen molar-refractivity contribution in [3.05, 3.63) is 11.6 Å². The van der Waals surface area contributed by atoms with Gasteiger partial charge in [0.25, 0.3) is 0 Å². The maximum Gasteiger partial charge on any atom is 0.223 e. The third-order valence-corrected chi connectivity index (χ3v) is 3.57. The van der Waals surface area contributed by atoms with Gasteiger partial charge in [0.15, 0.2) is 5.78 Å². The highest BCUT2D eigenvalue weighted by atomic mass is 16.2. The largest absolute Gasteiger partial charge is 0.326 e. The highest BCUT2D eigenvalue weighted by Crippen LogP contribution is 2.34. The van der Waals surface area contributed by atoms with Crippen molar-refractivity contribution in [2.45, 2.75) is 58.0 Å². The predicted molar refractivity (Wildman–Crippen MR) is 61.9 cm³/mol. The van der Waals surface area contributed by atoms with Gasteiger partial charge in [-0.05, 0) is 31.3 Å². The molecule has 1 fully saturated rings. The number of fused-ring (bicyclic) bond motifs is 2. The van der Waals surface area contributed by atoms with Crippen molar-refractivity contribution < 1.29 is 9.59 Å². The summed E-state index contributed by atoms with van der Waals surface area (Å²) >= 11 is 0. The third kappa shape index (κ3) is 1.68. The first-order valence-corrected chi connectivity index (χ1v) is 6.25. The Labute approximate surface area is 96.5 Å². The second kappa shape index (κ2) is 4.40. The average molecular weight is 221 g/mol. The second-order valence-electron chi connectivity index (χ2n) is 4.62. The summed E-state index contributed by atoms with van der Waals surface area (Å²) in [6.07, 6.45) is 6.03. The molecule has 88 valence electrons. The molecule has 0 aromatic rings. The van der Waals surface area contributed by atoms with Crippen molar-refractivity contribution in [3.8, 4) is 0 Å². The van der Waals surface area contributed by atoms with Crippen molar-refractivity contribution in [3.63, 3.8) is 0 Å². The molecule has 16 heavy (non-hydrogen) atoms. The number of ketones is 1. The molecule has 0 aromatic heterocycles. The molecule has 1 amide bonds. The lowest BCUT2D eigenvalue weighted by Gasteiger charge is -2.32. The van der Waals surface area contributed by atoms with E-state index in [0.29, 0.717) is 6.42 Å². The summed E-state index contributed by atoms with van der Waals surface area (Å²) in [5, 5.41) is 0. The van der Waals surface area contributed by atoms with Crippen LogP contribution in [0, 0.1) is 0 Å². The van der Waals surface area contributed by atoms with Crippen LogP contribution in [0.4, 0.5) is 0 Å². The summed E-state index contributed by atoms with van der Waals surface area (Å²) in [4.78, 5) is 25.8.